The highest BCUT2D eigenvalue weighted by Gasteiger charge is 2.08. The molecule has 0 saturated carbocycles. The van der Waals surface area contributed by atoms with Gasteiger partial charge < -0.3 is 11.1 Å². The van der Waals surface area contributed by atoms with Gasteiger partial charge >= 0.3 is 0 Å². The fraction of sp³-hybridized carbons (Fsp3) is 0.125. The third kappa shape index (κ3) is 3.44. The van der Waals surface area contributed by atoms with Crippen molar-refractivity contribution in [1.29, 1.82) is 0 Å². The van der Waals surface area contributed by atoms with Gasteiger partial charge in [-0.2, -0.15) is 0 Å². The molecular formula is C16H15N3O. The minimum absolute atomic E-state index is 0.227. The third-order valence-corrected chi connectivity index (χ3v) is 2.71. The molecule has 0 aliphatic carbocycles. The van der Waals surface area contributed by atoms with E-state index in [1.54, 1.807) is 24.4 Å². The Morgan fingerprint density at radius 3 is 2.85 bits per heavy atom. The monoisotopic (exact) mass is 265 g/mol. The number of aryl methyl sites for hydroxylation is 1. The predicted molar refractivity (Wildman–Crippen MR) is 79.3 cm³/mol. The van der Waals surface area contributed by atoms with E-state index >= 15 is 0 Å². The number of hydrogen-bond donors (Lipinski definition) is 2. The molecule has 1 heterocycles. The SMILES string of the molecule is Cc1cc(C#CCN)ccc1NC(=O)c1ccccn1. The van der Waals surface area contributed by atoms with Crippen LogP contribution < -0.4 is 11.1 Å². The maximum atomic E-state index is 12.0. The molecule has 2 rings (SSSR count). The smallest absolute Gasteiger partial charge is 0.274 e. The zero-order valence-electron chi connectivity index (χ0n) is 11.2. The van der Waals surface area contributed by atoms with Crippen molar-refractivity contribution in [1.82, 2.24) is 4.98 Å². The van der Waals surface area contributed by atoms with Crippen LogP contribution in [0.4, 0.5) is 5.69 Å². The summed E-state index contributed by atoms with van der Waals surface area (Å²) in [5.74, 6) is 5.53. The molecule has 0 aliphatic heterocycles. The fourth-order valence-corrected chi connectivity index (χ4v) is 1.72. The Kier molecular flexibility index (Phi) is 4.48. The van der Waals surface area contributed by atoms with Crippen molar-refractivity contribution in [3.05, 3.63) is 59.4 Å². The van der Waals surface area contributed by atoms with Crippen LogP contribution in [0.3, 0.4) is 0 Å². The van der Waals surface area contributed by atoms with Crippen molar-refractivity contribution in [2.75, 3.05) is 11.9 Å². The van der Waals surface area contributed by atoms with Crippen LogP contribution in [-0.2, 0) is 0 Å². The number of anilines is 1. The lowest BCUT2D eigenvalue weighted by atomic mass is 10.1. The summed E-state index contributed by atoms with van der Waals surface area (Å²) in [6, 6.07) is 10.8. The van der Waals surface area contributed by atoms with Gasteiger partial charge in [-0.15, -0.1) is 0 Å². The maximum Gasteiger partial charge on any atom is 0.274 e. The number of nitrogens with two attached hydrogens (primary N) is 1. The summed E-state index contributed by atoms with van der Waals surface area (Å²) in [6.07, 6.45) is 1.59. The first-order valence-corrected chi connectivity index (χ1v) is 6.22. The van der Waals surface area contributed by atoms with Crippen LogP contribution >= 0.6 is 0 Å². The van der Waals surface area contributed by atoms with Gasteiger partial charge in [0.2, 0.25) is 0 Å². The van der Waals surface area contributed by atoms with Gasteiger partial charge in [0.25, 0.3) is 5.91 Å². The van der Waals surface area contributed by atoms with E-state index in [4.69, 9.17) is 5.73 Å². The van der Waals surface area contributed by atoms with Gasteiger partial charge in [-0.25, -0.2) is 0 Å². The molecule has 0 saturated heterocycles. The number of carbonyl (C=O) groups is 1. The van der Waals surface area contributed by atoms with E-state index in [1.165, 1.54) is 0 Å². The van der Waals surface area contributed by atoms with Crippen LogP contribution in [0.25, 0.3) is 0 Å². The topological polar surface area (TPSA) is 68.0 Å². The molecule has 0 aliphatic rings. The molecule has 0 atom stereocenters. The van der Waals surface area contributed by atoms with Crippen LogP contribution in [0.15, 0.2) is 42.6 Å². The minimum atomic E-state index is -0.227. The summed E-state index contributed by atoms with van der Waals surface area (Å²) in [4.78, 5) is 16.0. The first-order valence-electron chi connectivity index (χ1n) is 6.22. The van der Waals surface area contributed by atoms with Crippen LogP contribution in [0.2, 0.25) is 0 Å². The molecule has 3 N–H and O–H groups in total. The van der Waals surface area contributed by atoms with E-state index in [0.29, 0.717) is 12.2 Å². The number of hydrogen-bond acceptors (Lipinski definition) is 3. The Morgan fingerprint density at radius 2 is 2.20 bits per heavy atom. The van der Waals surface area contributed by atoms with E-state index in [0.717, 1.165) is 16.8 Å². The average molecular weight is 265 g/mol. The quantitative estimate of drug-likeness (QED) is 0.815. The van der Waals surface area contributed by atoms with Crippen molar-refractivity contribution in [3.63, 3.8) is 0 Å². The van der Waals surface area contributed by atoms with Crippen LogP contribution in [0.5, 0.6) is 0 Å². The van der Waals surface area contributed by atoms with Gasteiger partial charge in [-0.05, 0) is 42.8 Å². The van der Waals surface area contributed by atoms with E-state index in [9.17, 15) is 4.79 Å². The number of carbonyl (C=O) groups excluding carboxylic acids is 1. The molecule has 0 fully saturated rings. The molecule has 20 heavy (non-hydrogen) atoms. The lowest BCUT2D eigenvalue weighted by Crippen LogP contribution is -2.14. The largest absolute Gasteiger partial charge is 0.320 e. The highest BCUT2D eigenvalue weighted by Crippen LogP contribution is 2.16. The van der Waals surface area contributed by atoms with E-state index < -0.39 is 0 Å². The summed E-state index contributed by atoms with van der Waals surface area (Å²) in [6.45, 7) is 2.25. The Morgan fingerprint density at radius 1 is 1.35 bits per heavy atom. The molecule has 0 radical (unpaired) electrons. The minimum Gasteiger partial charge on any atom is -0.320 e. The van der Waals surface area contributed by atoms with Crippen molar-refractivity contribution in [3.8, 4) is 11.8 Å². The lowest BCUT2D eigenvalue weighted by molar-refractivity contribution is 0.102. The zero-order valence-corrected chi connectivity index (χ0v) is 11.2. The van der Waals surface area contributed by atoms with E-state index in [2.05, 4.69) is 22.1 Å². The molecular weight excluding hydrogens is 250 g/mol. The van der Waals surface area contributed by atoms with Gasteiger partial charge in [0.05, 0.1) is 6.54 Å². The number of rotatable bonds is 2. The first kappa shape index (κ1) is 13.8. The summed E-state index contributed by atoms with van der Waals surface area (Å²) in [7, 11) is 0. The number of amides is 1. The van der Waals surface area contributed by atoms with Crippen LogP contribution in [0, 0.1) is 18.8 Å². The van der Waals surface area contributed by atoms with Crippen LogP contribution in [-0.4, -0.2) is 17.4 Å². The van der Waals surface area contributed by atoms with Gasteiger partial charge in [-0.3, -0.25) is 9.78 Å². The summed E-state index contributed by atoms with van der Waals surface area (Å²) in [5.41, 5.74) is 8.30. The average Bonchev–Trinajstić information content (AvgIpc) is 2.48. The van der Waals surface area contributed by atoms with Gasteiger partial charge in [0.1, 0.15) is 5.69 Å². The molecule has 1 aromatic carbocycles. The van der Waals surface area contributed by atoms with Crippen molar-refractivity contribution in [2.24, 2.45) is 5.73 Å². The van der Waals surface area contributed by atoms with Gasteiger partial charge in [-0.1, -0.05) is 17.9 Å². The summed E-state index contributed by atoms with van der Waals surface area (Å²) >= 11 is 0. The number of nitrogens with one attached hydrogen (secondary N) is 1. The Labute approximate surface area is 118 Å². The fourth-order valence-electron chi connectivity index (χ4n) is 1.72. The van der Waals surface area contributed by atoms with Crippen LogP contribution in [0.1, 0.15) is 21.6 Å². The second-order valence-electron chi connectivity index (χ2n) is 4.20. The lowest BCUT2D eigenvalue weighted by Gasteiger charge is -2.08. The highest BCUT2D eigenvalue weighted by atomic mass is 16.1. The normalized spacial score (nSPS) is 9.50. The van der Waals surface area contributed by atoms with Gasteiger partial charge in [0, 0.05) is 17.4 Å². The zero-order chi connectivity index (χ0) is 14.4. The van der Waals surface area contributed by atoms with E-state index in [1.807, 2.05) is 25.1 Å². The summed E-state index contributed by atoms with van der Waals surface area (Å²) in [5, 5.41) is 2.84. The Balaban J connectivity index is 2.16. The third-order valence-electron chi connectivity index (χ3n) is 2.71. The Bertz CT molecular complexity index is 669. The number of aromatic nitrogens is 1. The summed E-state index contributed by atoms with van der Waals surface area (Å²) < 4.78 is 0. The molecule has 1 aromatic heterocycles. The molecule has 2 aromatic rings. The highest BCUT2D eigenvalue weighted by molar-refractivity contribution is 6.03. The second-order valence-corrected chi connectivity index (χ2v) is 4.20. The maximum absolute atomic E-state index is 12.0. The number of benzene rings is 1. The molecule has 0 spiro atoms. The Hall–Kier alpha value is -2.64. The predicted octanol–water partition coefficient (Wildman–Crippen LogP) is 1.95. The molecule has 0 unspecified atom stereocenters. The first-order chi connectivity index (χ1) is 9.70. The van der Waals surface area contributed by atoms with Crippen molar-refractivity contribution in [2.45, 2.75) is 6.92 Å². The molecule has 100 valence electrons. The van der Waals surface area contributed by atoms with E-state index in [-0.39, 0.29) is 5.91 Å². The number of pyridine rings is 1. The van der Waals surface area contributed by atoms with Crippen molar-refractivity contribution < 1.29 is 4.79 Å². The molecule has 4 heteroatoms. The molecule has 0 bridgehead atoms. The number of nitrogens with zero attached hydrogens (tertiary/aromatic N) is 1. The molecule has 4 nitrogen and oxygen atoms in total. The second kappa shape index (κ2) is 6.50. The van der Waals surface area contributed by atoms with Crippen molar-refractivity contribution >= 4 is 11.6 Å². The standard InChI is InChI=1S/C16H15N3O/c1-12-11-13(5-4-9-17)7-8-14(12)19-16(20)15-6-2-3-10-18-15/h2-3,6-8,10-11H,9,17H2,1H3,(H,19,20). The molecule has 1 amide bonds. The van der Waals surface area contributed by atoms with Gasteiger partial charge in [0.15, 0.2) is 0 Å².